The lowest BCUT2D eigenvalue weighted by Crippen LogP contribution is -2.44. The van der Waals surface area contributed by atoms with Crippen molar-refractivity contribution in [2.45, 2.75) is 32.2 Å². The Kier molecular flexibility index (Phi) is 5.23. The Morgan fingerprint density at radius 3 is 2.50 bits per heavy atom. The molecular weight excluding hydrogens is 375 g/mol. The lowest BCUT2D eigenvalue weighted by Gasteiger charge is -2.37. The molecule has 24 heavy (non-hydrogen) atoms. The molecule has 0 unspecified atom stereocenters. The van der Waals surface area contributed by atoms with Gasteiger partial charge in [0.15, 0.2) is 11.6 Å². The van der Waals surface area contributed by atoms with Crippen molar-refractivity contribution < 1.29 is 4.39 Å². The van der Waals surface area contributed by atoms with Crippen molar-refractivity contribution in [2.24, 2.45) is 0 Å². The van der Waals surface area contributed by atoms with Gasteiger partial charge in [0.2, 0.25) is 5.95 Å². The minimum absolute atomic E-state index is 0.289. The van der Waals surface area contributed by atoms with Crippen LogP contribution >= 0.6 is 15.9 Å². The number of aryl methyl sites for hydroxylation is 1. The molecule has 6 nitrogen and oxygen atoms in total. The molecule has 0 aliphatic carbocycles. The molecule has 1 fully saturated rings. The highest BCUT2D eigenvalue weighted by Crippen LogP contribution is 2.25. The van der Waals surface area contributed by atoms with Crippen LogP contribution in [-0.2, 0) is 6.42 Å². The van der Waals surface area contributed by atoms with E-state index in [1.165, 1.54) is 6.33 Å². The molecule has 0 atom stereocenters. The van der Waals surface area contributed by atoms with E-state index >= 15 is 0 Å². The minimum atomic E-state index is -0.289. The average molecular weight is 395 g/mol. The summed E-state index contributed by atoms with van der Waals surface area (Å²) in [7, 11) is 2.00. The summed E-state index contributed by atoms with van der Waals surface area (Å²) in [6.45, 7) is 3.40. The Bertz CT molecular complexity index is 687. The number of rotatable bonds is 4. The van der Waals surface area contributed by atoms with E-state index in [-0.39, 0.29) is 5.82 Å². The lowest BCUT2D eigenvalue weighted by atomic mass is 10.0. The maximum absolute atomic E-state index is 14.4. The van der Waals surface area contributed by atoms with Crippen molar-refractivity contribution in [2.75, 3.05) is 29.9 Å². The predicted octanol–water partition coefficient (Wildman–Crippen LogP) is 2.84. The first kappa shape index (κ1) is 17.0. The molecule has 2 aromatic heterocycles. The third kappa shape index (κ3) is 3.48. The molecule has 1 aliphatic heterocycles. The second-order valence-corrected chi connectivity index (χ2v) is 6.76. The van der Waals surface area contributed by atoms with Crippen LogP contribution in [-0.4, -0.2) is 46.1 Å². The summed E-state index contributed by atoms with van der Waals surface area (Å²) < 4.78 is 15.3. The zero-order chi connectivity index (χ0) is 17.1. The number of piperidine rings is 1. The molecule has 0 bridgehead atoms. The zero-order valence-corrected chi connectivity index (χ0v) is 15.4. The summed E-state index contributed by atoms with van der Waals surface area (Å²) in [6.07, 6.45) is 7.32. The number of anilines is 2. The number of halogens is 2. The largest absolute Gasteiger partial charge is 0.354 e. The van der Waals surface area contributed by atoms with Crippen LogP contribution in [0.1, 0.15) is 25.5 Å². The van der Waals surface area contributed by atoms with E-state index in [2.05, 4.69) is 40.8 Å². The van der Waals surface area contributed by atoms with Gasteiger partial charge in [-0.05, 0) is 35.2 Å². The lowest BCUT2D eigenvalue weighted by molar-refractivity contribution is 0.467. The van der Waals surface area contributed by atoms with Crippen molar-refractivity contribution in [1.29, 1.82) is 0 Å². The highest BCUT2D eigenvalue weighted by Gasteiger charge is 2.26. The summed E-state index contributed by atoms with van der Waals surface area (Å²) >= 11 is 3.35. The van der Waals surface area contributed by atoms with Crippen molar-refractivity contribution >= 4 is 27.7 Å². The summed E-state index contributed by atoms with van der Waals surface area (Å²) in [6, 6.07) is 0.331. The van der Waals surface area contributed by atoms with Gasteiger partial charge in [-0.3, -0.25) is 0 Å². The van der Waals surface area contributed by atoms with Crippen molar-refractivity contribution in [3.8, 4) is 0 Å². The third-order valence-electron chi connectivity index (χ3n) is 4.41. The fourth-order valence-corrected chi connectivity index (χ4v) is 3.18. The average Bonchev–Trinajstić information content (AvgIpc) is 2.62. The molecule has 128 valence electrons. The standard InChI is InChI=1S/C16H20BrFN6/c1-3-13-14(18)15(22-10-21-13)24-6-4-12(5-7-24)23(2)16-19-8-11(17)9-20-16/h8-10,12H,3-7H2,1-2H3. The maximum atomic E-state index is 14.4. The molecule has 8 heteroatoms. The number of aromatic nitrogens is 4. The smallest absolute Gasteiger partial charge is 0.225 e. The summed E-state index contributed by atoms with van der Waals surface area (Å²) in [5.41, 5.74) is 0.475. The molecule has 0 saturated carbocycles. The fourth-order valence-electron chi connectivity index (χ4n) is 2.98. The highest BCUT2D eigenvalue weighted by atomic mass is 79.9. The van der Waals surface area contributed by atoms with Gasteiger partial charge in [0.25, 0.3) is 0 Å². The van der Waals surface area contributed by atoms with Gasteiger partial charge in [0.1, 0.15) is 6.33 Å². The molecule has 3 heterocycles. The summed E-state index contributed by atoms with van der Waals surface area (Å²) in [5.74, 6) is 0.837. The zero-order valence-electron chi connectivity index (χ0n) is 13.8. The highest BCUT2D eigenvalue weighted by molar-refractivity contribution is 9.10. The Labute approximate surface area is 149 Å². The van der Waals surface area contributed by atoms with E-state index in [0.29, 0.717) is 29.9 Å². The fraction of sp³-hybridized carbons (Fsp3) is 0.500. The normalized spacial score (nSPS) is 15.6. The molecule has 1 aliphatic rings. The van der Waals surface area contributed by atoms with Crippen LogP contribution in [0.3, 0.4) is 0 Å². The summed E-state index contributed by atoms with van der Waals surface area (Å²) in [4.78, 5) is 20.9. The second kappa shape index (κ2) is 7.38. The predicted molar refractivity (Wildman–Crippen MR) is 94.7 cm³/mol. The van der Waals surface area contributed by atoms with Gasteiger partial charge in [-0.15, -0.1) is 0 Å². The van der Waals surface area contributed by atoms with Crippen molar-refractivity contribution in [3.63, 3.8) is 0 Å². The van der Waals surface area contributed by atoms with Crippen LogP contribution in [0.5, 0.6) is 0 Å². The van der Waals surface area contributed by atoms with Gasteiger partial charge >= 0.3 is 0 Å². The van der Waals surface area contributed by atoms with Crippen LogP contribution in [0.4, 0.5) is 16.2 Å². The summed E-state index contributed by atoms with van der Waals surface area (Å²) in [5, 5.41) is 0. The van der Waals surface area contributed by atoms with Gasteiger partial charge in [-0.1, -0.05) is 6.92 Å². The number of hydrogen-bond acceptors (Lipinski definition) is 6. The van der Waals surface area contributed by atoms with Crippen LogP contribution in [0, 0.1) is 5.82 Å². The number of nitrogens with zero attached hydrogens (tertiary/aromatic N) is 6. The van der Waals surface area contributed by atoms with Gasteiger partial charge in [0.05, 0.1) is 10.2 Å². The first-order chi connectivity index (χ1) is 11.6. The Morgan fingerprint density at radius 2 is 1.88 bits per heavy atom. The van der Waals surface area contributed by atoms with E-state index < -0.39 is 0 Å². The van der Waals surface area contributed by atoms with E-state index in [1.54, 1.807) is 12.4 Å². The third-order valence-corrected chi connectivity index (χ3v) is 4.82. The SMILES string of the molecule is CCc1ncnc(N2CCC(N(C)c3ncc(Br)cn3)CC2)c1F. The van der Waals surface area contributed by atoms with Crippen LogP contribution in [0.2, 0.25) is 0 Å². The molecule has 0 spiro atoms. The van der Waals surface area contributed by atoms with E-state index in [9.17, 15) is 4.39 Å². The Balaban J connectivity index is 1.66. The molecule has 0 radical (unpaired) electrons. The molecule has 0 aromatic carbocycles. The quantitative estimate of drug-likeness (QED) is 0.794. The van der Waals surface area contributed by atoms with E-state index in [1.807, 2.05) is 18.9 Å². The van der Waals surface area contributed by atoms with Gasteiger partial charge in [0, 0.05) is 38.6 Å². The molecule has 0 amide bonds. The van der Waals surface area contributed by atoms with Gasteiger partial charge < -0.3 is 9.80 Å². The molecule has 3 rings (SSSR count). The van der Waals surface area contributed by atoms with Crippen LogP contribution in [0.15, 0.2) is 23.2 Å². The number of hydrogen-bond donors (Lipinski definition) is 0. The minimum Gasteiger partial charge on any atom is -0.354 e. The molecule has 1 saturated heterocycles. The van der Waals surface area contributed by atoms with Gasteiger partial charge in [-0.2, -0.15) is 0 Å². The molecule has 2 aromatic rings. The van der Waals surface area contributed by atoms with E-state index in [4.69, 9.17) is 0 Å². The van der Waals surface area contributed by atoms with Crippen molar-refractivity contribution in [3.05, 3.63) is 34.7 Å². The first-order valence-electron chi connectivity index (χ1n) is 8.04. The topological polar surface area (TPSA) is 58.0 Å². The monoisotopic (exact) mass is 394 g/mol. The van der Waals surface area contributed by atoms with Crippen LogP contribution in [0.25, 0.3) is 0 Å². The van der Waals surface area contributed by atoms with E-state index in [0.717, 1.165) is 30.4 Å². The van der Waals surface area contributed by atoms with Crippen LogP contribution < -0.4 is 9.80 Å². The molecular formula is C16H20BrFN6. The van der Waals surface area contributed by atoms with Crippen molar-refractivity contribution in [1.82, 2.24) is 19.9 Å². The van der Waals surface area contributed by atoms with Gasteiger partial charge in [-0.25, -0.2) is 24.3 Å². The Hall–Kier alpha value is -1.83. The second-order valence-electron chi connectivity index (χ2n) is 5.84. The Morgan fingerprint density at radius 1 is 1.21 bits per heavy atom. The maximum Gasteiger partial charge on any atom is 0.225 e. The molecule has 0 N–H and O–H groups in total. The first-order valence-corrected chi connectivity index (χ1v) is 8.84.